The molecule has 0 aliphatic heterocycles. The van der Waals surface area contributed by atoms with Crippen molar-refractivity contribution in [1.29, 1.82) is 0 Å². The van der Waals surface area contributed by atoms with E-state index in [9.17, 15) is 9.18 Å². The Balaban J connectivity index is 2.43. The molecule has 3 nitrogen and oxygen atoms in total. The molecule has 0 amide bonds. The van der Waals surface area contributed by atoms with Crippen molar-refractivity contribution in [3.05, 3.63) is 42.2 Å². The number of nitrogens with zero attached hydrogens (tertiary/aromatic N) is 1. The van der Waals surface area contributed by atoms with Crippen molar-refractivity contribution >= 4 is 6.29 Å². The second-order valence-electron chi connectivity index (χ2n) is 2.70. The predicted molar refractivity (Wildman–Crippen MR) is 47.3 cm³/mol. The van der Waals surface area contributed by atoms with Crippen LogP contribution in [0.2, 0.25) is 0 Å². The molecule has 14 heavy (non-hydrogen) atoms. The van der Waals surface area contributed by atoms with Crippen LogP contribution in [0.4, 0.5) is 4.39 Å². The van der Waals surface area contributed by atoms with E-state index < -0.39 is 0 Å². The SMILES string of the molecule is O=Cc1nc(-c2cccc(F)c2)co1. The van der Waals surface area contributed by atoms with Gasteiger partial charge < -0.3 is 4.42 Å². The molecule has 0 unspecified atom stereocenters. The highest BCUT2D eigenvalue weighted by atomic mass is 19.1. The van der Waals surface area contributed by atoms with Gasteiger partial charge in [0.1, 0.15) is 17.8 Å². The van der Waals surface area contributed by atoms with Gasteiger partial charge in [-0.3, -0.25) is 4.79 Å². The average Bonchev–Trinajstić information content (AvgIpc) is 2.66. The number of halogens is 1. The number of aromatic nitrogens is 1. The molecule has 2 aromatic rings. The first-order valence-electron chi connectivity index (χ1n) is 3.96. The van der Waals surface area contributed by atoms with Crippen molar-refractivity contribution in [3.63, 3.8) is 0 Å². The van der Waals surface area contributed by atoms with Crippen LogP contribution in [0.5, 0.6) is 0 Å². The Bertz CT molecular complexity index is 465. The van der Waals surface area contributed by atoms with Crippen molar-refractivity contribution in [3.8, 4) is 11.3 Å². The van der Waals surface area contributed by atoms with Crippen LogP contribution >= 0.6 is 0 Å². The Kier molecular flexibility index (Phi) is 2.10. The van der Waals surface area contributed by atoms with Gasteiger partial charge in [-0.2, -0.15) is 0 Å². The Morgan fingerprint density at radius 2 is 2.29 bits per heavy atom. The molecule has 4 heteroatoms. The van der Waals surface area contributed by atoms with Gasteiger partial charge in [-0.15, -0.1) is 0 Å². The van der Waals surface area contributed by atoms with Gasteiger partial charge in [0.25, 0.3) is 5.89 Å². The molecule has 0 saturated heterocycles. The fourth-order valence-electron chi connectivity index (χ4n) is 1.12. The molecule has 0 atom stereocenters. The lowest BCUT2D eigenvalue weighted by Gasteiger charge is -1.93. The highest BCUT2D eigenvalue weighted by Gasteiger charge is 2.05. The Labute approximate surface area is 79.2 Å². The van der Waals surface area contributed by atoms with Crippen LogP contribution in [0.25, 0.3) is 11.3 Å². The summed E-state index contributed by atoms with van der Waals surface area (Å²) in [5.41, 5.74) is 1.04. The van der Waals surface area contributed by atoms with Gasteiger partial charge >= 0.3 is 0 Å². The topological polar surface area (TPSA) is 43.1 Å². The van der Waals surface area contributed by atoms with Crippen LogP contribution in [0.1, 0.15) is 10.7 Å². The lowest BCUT2D eigenvalue weighted by atomic mass is 10.2. The predicted octanol–water partition coefficient (Wildman–Crippen LogP) is 2.29. The van der Waals surface area contributed by atoms with Crippen LogP contribution in [0.3, 0.4) is 0 Å². The average molecular weight is 191 g/mol. The molecule has 1 aromatic carbocycles. The quantitative estimate of drug-likeness (QED) is 0.684. The Morgan fingerprint density at radius 1 is 1.43 bits per heavy atom. The van der Waals surface area contributed by atoms with Gasteiger partial charge in [0, 0.05) is 5.56 Å². The fourth-order valence-corrected chi connectivity index (χ4v) is 1.12. The Hall–Kier alpha value is -1.97. The maximum Gasteiger partial charge on any atom is 0.260 e. The van der Waals surface area contributed by atoms with Crippen molar-refractivity contribution in [2.45, 2.75) is 0 Å². The summed E-state index contributed by atoms with van der Waals surface area (Å²) in [7, 11) is 0. The molecular weight excluding hydrogens is 185 g/mol. The number of oxazole rings is 1. The zero-order chi connectivity index (χ0) is 9.97. The van der Waals surface area contributed by atoms with Crippen molar-refractivity contribution in [1.82, 2.24) is 4.98 Å². The molecule has 0 saturated carbocycles. The van der Waals surface area contributed by atoms with Crippen LogP contribution in [-0.4, -0.2) is 11.3 Å². The van der Waals surface area contributed by atoms with Gasteiger partial charge in [0.05, 0.1) is 0 Å². The number of benzene rings is 1. The first kappa shape index (κ1) is 8.62. The van der Waals surface area contributed by atoms with E-state index in [2.05, 4.69) is 4.98 Å². The molecule has 2 rings (SSSR count). The third-order valence-electron chi connectivity index (χ3n) is 1.74. The lowest BCUT2D eigenvalue weighted by molar-refractivity contribution is 0.109. The number of carbonyl (C=O) groups is 1. The van der Waals surface area contributed by atoms with E-state index in [1.807, 2.05) is 0 Å². The lowest BCUT2D eigenvalue weighted by Crippen LogP contribution is -1.81. The standard InChI is InChI=1S/C10H6FNO2/c11-8-3-1-2-7(4-8)9-6-14-10(5-13)12-9/h1-6H. The summed E-state index contributed by atoms with van der Waals surface area (Å²) in [5.74, 6) is -0.359. The van der Waals surface area contributed by atoms with Gasteiger partial charge in [0.2, 0.25) is 6.29 Å². The molecule has 0 aliphatic rings. The van der Waals surface area contributed by atoms with Gasteiger partial charge in [-0.25, -0.2) is 9.37 Å². The summed E-state index contributed by atoms with van der Waals surface area (Å²) >= 11 is 0. The number of carbonyl (C=O) groups excluding carboxylic acids is 1. The van der Waals surface area contributed by atoms with E-state index in [4.69, 9.17) is 4.42 Å². The molecule has 0 N–H and O–H groups in total. The minimum Gasteiger partial charge on any atom is -0.442 e. The summed E-state index contributed by atoms with van der Waals surface area (Å²) in [4.78, 5) is 14.1. The van der Waals surface area contributed by atoms with Crippen LogP contribution in [-0.2, 0) is 0 Å². The second-order valence-corrected chi connectivity index (χ2v) is 2.70. The highest BCUT2D eigenvalue weighted by molar-refractivity contribution is 5.70. The number of hydrogen-bond donors (Lipinski definition) is 0. The largest absolute Gasteiger partial charge is 0.442 e. The number of aldehydes is 1. The minimum atomic E-state index is -0.349. The highest BCUT2D eigenvalue weighted by Crippen LogP contribution is 2.18. The third-order valence-corrected chi connectivity index (χ3v) is 1.74. The van der Waals surface area contributed by atoms with E-state index in [1.165, 1.54) is 18.4 Å². The van der Waals surface area contributed by atoms with Crippen molar-refractivity contribution in [2.24, 2.45) is 0 Å². The van der Waals surface area contributed by atoms with Crippen LogP contribution in [0, 0.1) is 5.82 Å². The summed E-state index contributed by atoms with van der Waals surface area (Å²) in [6.07, 6.45) is 1.82. The van der Waals surface area contributed by atoms with E-state index in [1.54, 1.807) is 12.1 Å². The summed E-state index contributed by atoms with van der Waals surface area (Å²) < 4.78 is 17.6. The normalized spacial score (nSPS) is 10.1. The number of hydrogen-bond acceptors (Lipinski definition) is 3. The minimum absolute atomic E-state index is 0.00994. The van der Waals surface area contributed by atoms with Crippen molar-refractivity contribution in [2.75, 3.05) is 0 Å². The van der Waals surface area contributed by atoms with E-state index in [0.717, 1.165) is 0 Å². The maximum absolute atomic E-state index is 12.8. The zero-order valence-corrected chi connectivity index (χ0v) is 7.11. The number of rotatable bonds is 2. The maximum atomic E-state index is 12.8. The van der Waals surface area contributed by atoms with Gasteiger partial charge in [-0.1, -0.05) is 12.1 Å². The smallest absolute Gasteiger partial charge is 0.260 e. The van der Waals surface area contributed by atoms with E-state index >= 15 is 0 Å². The van der Waals surface area contributed by atoms with Gasteiger partial charge in [0.15, 0.2) is 0 Å². The van der Waals surface area contributed by atoms with Crippen LogP contribution in [0.15, 0.2) is 34.9 Å². The monoisotopic (exact) mass is 191 g/mol. The Morgan fingerprint density at radius 3 is 2.93 bits per heavy atom. The molecule has 1 heterocycles. The van der Waals surface area contributed by atoms with Crippen molar-refractivity contribution < 1.29 is 13.6 Å². The summed E-state index contributed by atoms with van der Waals surface area (Å²) in [6.45, 7) is 0. The molecule has 70 valence electrons. The van der Waals surface area contributed by atoms with E-state index in [-0.39, 0.29) is 11.7 Å². The third kappa shape index (κ3) is 1.54. The fraction of sp³-hybridized carbons (Fsp3) is 0. The first-order valence-corrected chi connectivity index (χ1v) is 3.96. The molecular formula is C10H6FNO2. The summed E-state index contributed by atoms with van der Waals surface area (Å²) in [5, 5.41) is 0. The van der Waals surface area contributed by atoms with Crippen LogP contribution < -0.4 is 0 Å². The second kappa shape index (κ2) is 3.41. The molecule has 0 spiro atoms. The zero-order valence-electron chi connectivity index (χ0n) is 7.11. The molecule has 1 aromatic heterocycles. The summed E-state index contributed by atoms with van der Waals surface area (Å²) in [6, 6.07) is 5.92. The first-order chi connectivity index (χ1) is 6.79. The molecule has 0 aliphatic carbocycles. The molecule has 0 radical (unpaired) electrons. The van der Waals surface area contributed by atoms with E-state index in [0.29, 0.717) is 17.5 Å². The molecule has 0 fully saturated rings. The van der Waals surface area contributed by atoms with Gasteiger partial charge in [-0.05, 0) is 12.1 Å². The molecule has 0 bridgehead atoms.